The molecule has 0 aliphatic carbocycles. The molecule has 1 atom stereocenters. The second-order valence-electron chi connectivity index (χ2n) is 2.67. The fourth-order valence-corrected chi connectivity index (χ4v) is 1.66. The van der Waals surface area contributed by atoms with E-state index in [-0.39, 0.29) is 12.5 Å². The number of aliphatic hydroxyl groups excluding tert-OH is 1. The van der Waals surface area contributed by atoms with Crippen LogP contribution in [-0.2, 0) is 0 Å². The predicted octanol–water partition coefficient (Wildman–Crippen LogP) is 3.56. The standard InChI is InChI=1S/C9H8Cl3O/c1-5(4-13)6-2-8(11)9(12)3-7(6)10/h2-3,5,13H,1,4H2. The molecule has 1 aromatic carbocycles. The molecule has 0 aliphatic heterocycles. The molecule has 4 heteroatoms. The van der Waals surface area contributed by atoms with Crippen molar-refractivity contribution in [2.24, 2.45) is 0 Å². The zero-order valence-corrected chi connectivity index (χ0v) is 9.00. The maximum absolute atomic E-state index is 8.88. The number of hydrogen-bond acceptors (Lipinski definition) is 1. The first-order chi connectivity index (χ1) is 6.06. The molecule has 13 heavy (non-hydrogen) atoms. The van der Waals surface area contributed by atoms with Crippen molar-refractivity contribution in [1.29, 1.82) is 0 Å². The first-order valence-corrected chi connectivity index (χ1v) is 4.78. The van der Waals surface area contributed by atoms with Crippen LogP contribution in [-0.4, -0.2) is 11.7 Å². The van der Waals surface area contributed by atoms with Gasteiger partial charge in [0.15, 0.2) is 0 Å². The monoisotopic (exact) mass is 237 g/mol. The molecule has 0 saturated carbocycles. The maximum atomic E-state index is 8.88. The molecule has 1 N–H and O–H groups in total. The summed E-state index contributed by atoms with van der Waals surface area (Å²) in [4.78, 5) is 0. The van der Waals surface area contributed by atoms with Crippen molar-refractivity contribution in [3.05, 3.63) is 39.7 Å². The van der Waals surface area contributed by atoms with Crippen LogP contribution >= 0.6 is 34.8 Å². The summed E-state index contributed by atoms with van der Waals surface area (Å²) < 4.78 is 0. The molecule has 0 bridgehead atoms. The van der Waals surface area contributed by atoms with Crippen molar-refractivity contribution in [2.45, 2.75) is 5.92 Å². The van der Waals surface area contributed by atoms with Crippen LogP contribution in [0.1, 0.15) is 11.5 Å². The molecule has 0 aromatic heterocycles. The van der Waals surface area contributed by atoms with Crippen LogP contribution in [0.3, 0.4) is 0 Å². The lowest BCUT2D eigenvalue weighted by Crippen LogP contribution is -2.00. The van der Waals surface area contributed by atoms with Crippen molar-refractivity contribution in [3.8, 4) is 0 Å². The second kappa shape index (κ2) is 4.52. The number of benzene rings is 1. The highest BCUT2D eigenvalue weighted by Crippen LogP contribution is 2.32. The van der Waals surface area contributed by atoms with E-state index >= 15 is 0 Å². The molecule has 0 heterocycles. The fraction of sp³-hybridized carbons (Fsp3) is 0.222. The van der Waals surface area contributed by atoms with E-state index < -0.39 is 0 Å². The van der Waals surface area contributed by atoms with Crippen LogP contribution in [0.4, 0.5) is 0 Å². The normalized spacial score (nSPS) is 13.0. The zero-order valence-electron chi connectivity index (χ0n) is 6.73. The van der Waals surface area contributed by atoms with E-state index in [0.29, 0.717) is 20.6 Å². The van der Waals surface area contributed by atoms with Crippen LogP contribution < -0.4 is 0 Å². The maximum Gasteiger partial charge on any atom is 0.0607 e. The quantitative estimate of drug-likeness (QED) is 0.781. The highest BCUT2D eigenvalue weighted by atomic mass is 35.5. The Hall–Kier alpha value is 0.0500. The topological polar surface area (TPSA) is 20.2 Å². The van der Waals surface area contributed by atoms with Gasteiger partial charge in [-0.1, -0.05) is 34.8 Å². The molecule has 0 aliphatic rings. The first kappa shape index (κ1) is 11.1. The lowest BCUT2D eigenvalue weighted by molar-refractivity contribution is 0.282. The zero-order chi connectivity index (χ0) is 10.0. The van der Waals surface area contributed by atoms with Crippen LogP contribution in [0.2, 0.25) is 15.1 Å². The average Bonchev–Trinajstić information content (AvgIpc) is 2.10. The Morgan fingerprint density at radius 1 is 1.15 bits per heavy atom. The van der Waals surface area contributed by atoms with Gasteiger partial charge in [-0.15, -0.1) is 0 Å². The lowest BCUT2D eigenvalue weighted by atomic mass is 10.0. The van der Waals surface area contributed by atoms with E-state index in [2.05, 4.69) is 6.92 Å². The minimum absolute atomic E-state index is 0.0717. The van der Waals surface area contributed by atoms with Crippen LogP contribution in [0, 0.1) is 6.92 Å². The van der Waals surface area contributed by atoms with Crippen molar-refractivity contribution >= 4 is 34.8 Å². The van der Waals surface area contributed by atoms with Crippen LogP contribution in [0.15, 0.2) is 12.1 Å². The van der Waals surface area contributed by atoms with Gasteiger partial charge in [-0.2, -0.15) is 0 Å². The van der Waals surface area contributed by atoms with Crippen molar-refractivity contribution < 1.29 is 5.11 Å². The third-order valence-electron chi connectivity index (χ3n) is 1.70. The van der Waals surface area contributed by atoms with Gasteiger partial charge in [-0.05, 0) is 24.6 Å². The molecule has 1 unspecified atom stereocenters. The molecule has 71 valence electrons. The number of halogens is 3. The van der Waals surface area contributed by atoms with Crippen LogP contribution in [0.25, 0.3) is 0 Å². The summed E-state index contributed by atoms with van der Waals surface area (Å²) in [5.74, 6) is -0.276. The molecule has 1 aromatic rings. The van der Waals surface area contributed by atoms with E-state index in [1.807, 2.05) is 0 Å². The highest BCUT2D eigenvalue weighted by Gasteiger charge is 2.11. The van der Waals surface area contributed by atoms with E-state index in [0.717, 1.165) is 0 Å². The number of rotatable bonds is 2. The molecule has 0 spiro atoms. The van der Waals surface area contributed by atoms with E-state index in [9.17, 15) is 0 Å². The van der Waals surface area contributed by atoms with Gasteiger partial charge >= 0.3 is 0 Å². The molecule has 0 amide bonds. The van der Waals surface area contributed by atoms with Crippen molar-refractivity contribution in [3.63, 3.8) is 0 Å². The predicted molar refractivity (Wildman–Crippen MR) is 56.7 cm³/mol. The fourth-order valence-electron chi connectivity index (χ4n) is 0.949. The third-order valence-corrected chi connectivity index (χ3v) is 2.75. The van der Waals surface area contributed by atoms with Gasteiger partial charge in [-0.25, -0.2) is 0 Å². The first-order valence-electron chi connectivity index (χ1n) is 3.64. The van der Waals surface area contributed by atoms with Gasteiger partial charge < -0.3 is 5.11 Å². The van der Waals surface area contributed by atoms with E-state index in [4.69, 9.17) is 39.9 Å². The number of aliphatic hydroxyl groups is 1. The smallest absolute Gasteiger partial charge is 0.0607 e. The second-order valence-corrected chi connectivity index (χ2v) is 3.89. The Balaban J connectivity index is 3.15. The van der Waals surface area contributed by atoms with Gasteiger partial charge in [0.25, 0.3) is 0 Å². The number of hydrogen-bond donors (Lipinski definition) is 1. The molecule has 1 nitrogen and oxygen atoms in total. The summed E-state index contributed by atoms with van der Waals surface area (Å²) in [5.41, 5.74) is 0.707. The van der Waals surface area contributed by atoms with Gasteiger partial charge in [0.1, 0.15) is 0 Å². The molecular weight excluding hydrogens is 230 g/mol. The molecule has 0 saturated heterocycles. The Kier molecular flexibility index (Phi) is 3.87. The Morgan fingerprint density at radius 2 is 1.69 bits per heavy atom. The minimum Gasteiger partial charge on any atom is -0.396 e. The van der Waals surface area contributed by atoms with E-state index in [1.165, 1.54) is 0 Å². The van der Waals surface area contributed by atoms with Crippen molar-refractivity contribution in [1.82, 2.24) is 0 Å². The SMILES string of the molecule is [CH2]C(CO)c1cc(Cl)c(Cl)cc1Cl. The molecule has 1 rings (SSSR count). The third kappa shape index (κ3) is 2.50. The summed E-state index contributed by atoms with van der Waals surface area (Å²) in [6, 6.07) is 3.18. The summed E-state index contributed by atoms with van der Waals surface area (Å²) >= 11 is 17.4. The van der Waals surface area contributed by atoms with E-state index in [1.54, 1.807) is 12.1 Å². The summed E-state index contributed by atoms with van der Waals surface area (Å²) in [6.45, 7) is 3.65. The summed E-state index contributed by atoms with van der Waals surface area (Å²) in [5, 5.41) is 10.2. The lowest BCUT2D eigenvalue weighted by Gasteiger charge is -2.11. The average molecular weight is 239 g/mol. The largest absolute Gasteiger partial charge is 0.396 e. The molecular formula is C9H8Cl3O. The van der Waals surface area contributed by atoms with Crippen molar-refractivity contribution in [2.75, 3.05) is 6.61 Å². The Labute approximate surface area is 92.2 Å². The minimum atomic E-state index is -0.276. The van der Waals surface area contributed by atoms with Gasteiger partial charge in [0.2, 0.25) is 0 Å². The Morgan fingerprint density at radius 3 is 2.23 bits per heavy atom. The van der Waals surface area contributed by atoms with Gasteiger partial charge in [-0.3, -0.25) is 0 Å². The highest BCUT2D eigenvalue weighted by molar-refractivity contribution is 6.43. The van der Waals surface area contributed by atoms with Crippen LogP contribution in [0.5, 0.6) is 0 Å². The molecule has 0 fully saturated rings. The van der Waals surface area contributed by atoms with Gasteiger partial charge in [0, 0.05) is 17.5 Å². The summed E-state index contributed by atoms with van der Waals surface area (Å²) in [7, 11) is 0. The molecule has 1 radical (unpaired) electrons. The Bertz CT molecular complexity index is 312. The summed E-state index contributed by atoms with van der Waals surface area (Å²) in [6.07, 6.45) is 0. The van der Waals surface area contributed by atoms with Gasteiger partial charge in [0.05, 0.1) is 10.0 Å².